The molecule has 21 heavy (non-hydrogen) atoms. The van der Waals surface area contributed by atoms with Crippen LogP contribution in [0.4, 0.5) is 0 Å². The second-order valence-electron chi connectivity index (χ2n) is 5.79. The fourth-order valence-corrected chi connectivity index (χ4v) is 3.93. The van der Waals surface area contributed by atoms with Gasteiger partial charge in [-0.3, -0.25) is 9.59 Å². The molecule has 1 aliphatic heterocycles. The van der Waals surface area contributed by atoms with Gasteiger partial charge in [-0.15, -0.1) is 0 Å². The number of piperidine rings is 1. The van der Waals surface area contributed by atoms with Crippen molar-refractivity contribution in [1.82, 2.24) is 9.21 Å². The van der Waals surface area contributed by atoms with Gasteiger partial charge in [0.15, 0.2) is 0 Å². The van der Waals surface area contributed by atoms with Crippen LogP contribution < -0.4 is 0 Å². The zero-order chi connectivity index (χ0) is 15.6. The first-order valence-electron chi connectivity index (χ1n) is 7.30. The molecule has 8 heteroatoms. The number of nitrogens with zero attached hydrogens (tertiary/aromatic N) is 2. The quantitative estimate of drug-likeness (QED) is 0.758. The van der Waals surface area contributed by atoms with Gasteiger partial charge in [0.2, 0.25) is 15.9 Å². The monoisotopic (exact) mass is 318 g/mol. The molecule has 2 rings (SSSR count). The molecule has 2 fully saturated rings. The Hall–Kier alpha value is -1.15. The fraction of sp³-hybridized carbons (Fsp3) is 0.846. The van der Waals surface area contributed by atoms with E-state index in [4.69, 9.17) is 5.11 Å². The SMILES string of the molecule is CS(=O)(=O)N1CCCCC1C(=O)N(CCC(=O)O)C1CC1. The maximum absolute atomic E-state index is 12.7. The highest BCUT2D eigenvalue weighted by molar-refractivity contribution is 7.88. The van der Waals surface area contributed by atoms with Crippen molar-refractivity contribution in [3.05, 3.63) is 0 Å². The Balaban J connectivity index is 2.12. The summed E-state index contributed by atoms with van der Waals surface area (Å²) < 4.78 is 24.9. The lowest BCUT2D eigenvalue weighted by atomic mass is 10.0. The van der Waals surface area contributed by atoms with Crippen molar-refractivity contribution < 1.29 is 23.1 Å². The summed E-state index contributed by atoms with van der Waals surface area (Å²) in [6.45, 7) is 0.527. The van der Waals surface area contributed by atoms with E-state index in [0.29, 0.717) is 13.0 Å². The van der Waals surface area contributed by atoms with Crippen molar-refractivity contribution in [1.29, 1.82) is 0 Å². The van der Waals surface area contributed by atoms with Crippen LogP contribution in [0.2, 0.25) is 0 Å². The summed E-state index contributed by atoms with van der Waals surface area (Å²) in [6, 6.07) is -0.580. The number of aliphatic carboxylic acids is 1. The zero-order valence-electron chi connectivity index (χ0n) is 12.2. The molecule has 0 radical (unpaired) electrons. The summed E-state index contributed by atoms with van der Waals surface area (Å²) in [4.78, 5) is 25.0. The number of rotatable bonds is 6. The molecule has 0 spiro atoms. The predicted octanol–water partition coefficient (Wildman–Crippen LogP) is 0.266. The minimum absolute atomic E-state index is 0.0835. The number of carbonyl (C=O) groups excluding carboxylic acids is 1. The third kappa shape index (κ3) is 4.16. The summed E-state index contributed by atoms with van der Waals surface area (Å²) in [7, 11) is -3.42. The highest BCUT2D eigenvalue weighted by Crippen LogP contribution is 2.30. The van der Waals surface area contributed by atoms with E-state index in [-0.39, 0.29) is 24.9 Å². The molecule has 1 amide bonds. The number of sulfonamides is 1. The molecule has 0 bridgehead atoms. The highest BCUT2D eigenvalue weighted by atomic mass is 32.2. The van der Waals surface area contributed by atoms with Gasteiger partial charge < -0.3 is 10.0 Å². The summed E-state index contributed by atoms with van der Waals surface area (Å²) in [6.07, 6.45) is 4.86. The first-order chi connectivity index (χ1) is 9.80. The van der Waals surface area contributed by atoms with Crippen molar-refractivity contribution in [2.24, 2.45) is 0 Å². The Morgan fingerprint density at radius 2 is 1.90 bits per heavy atom. The van der Waals surface area contributed by atoms with Crippen LogP contribution in [-0.2, 0) is 19.6 Å². The van der Waals surface area contributed by atoms with Gasteiger partial charge in [-0.05, 0) is 25.7 Å². The number of hydrogen-bond donors (Lipinski definition) is 1. The zero-order valence-corrected chi connectivity index (χ0v) is 13.0. The van der Waals surface area contributed by atoms with Crippen LogP contribution in [0.25, 0.3) is 0 Å². The summed E-state index contributed by atoms with van der Waals surface area (Å²) in [5.41, 5.74) is 0. The maximum atomic E-state index is 12.7. The topological polar surface area (TPSA) is 95.0 Å². The number of carboxylic acid groups (broad SMARTS) is 1. The fourth-order valence-electron chi connectivity index (χ4n) is 2.82. The van der Waals surface area contributed by atoms with Gasteiger partial charge in [0, 0.05) is 19.1 Å². The van der Waals surface area contributed by atoms with E-state index in [1.165, 1.54) is 4.31 Å². The Kier molecular flexibility index (Phi) is 4.88. The van der Waals surface area contributed by atoms with Crippen molar-refractivity contribution in [2.75, 3.05) is 19.3 Å². The average molecular weight is 318 g/mol. The lowest BCUT2D eigenvalue weighted by molar-refractivity contribution is -0.140. The van der Waals surface area contributed by atoms with Gasteiger partial charge in [0.25, 0.3) is 0 Å². The van der Waals surface area contributed by atoms with Gasteiger partial charge in [0.1, 0.15) is 6.04 Å². The molecule has 1 N–H and O–H groups in total. The van der Waals surface area contributed by atoms with Gasteiger partial charge in [-0.1, -0.05) is 6.42 Å². The van der Waals surface area contributed by atoms with Gasteiger partial charge in [0.05, 0.1) is 12.7 Å². The first kappa shape index (κ1) is 16.2. The molecule has 0 aromatic carbocycles. The van der Waals surface area contributed by atoms with E-state index in [0.717, 1.165) is 31.9 Å². The molecule has 2 aliphatic rings. The van der Waals surface area contributed by atoms with Gasteiger partial charge in [-0.25, -0.2) is 8.42 Å². The lowest BCUT2D eigenvalue weighted by Gasteiger charge is -2.36. The molecule has 1 saturated carbocycles. The van der Waals surface area contributed by atoms with Crippen LogP contribution in [0, 0.1) is 0 Å². The smallest absolute Gasteiger partial charge is 0.305 e. The number of carbonyl (C=O) groups is 2. The molecule has 0 aromatic rings. The van der Waals surface area contributed by atoms with Crippen molar-refractivity contribution >= 4 is 21.9 Å². The molecule has 1 saturated heterocycles. The molecule has 7 nitrogen and oxygen atoms in total. The summed E-state index contributed by atoms with van der Waals surface area (Å²) in [5.74, 6) is -1.18. The second-order valence-corrected chi connectivity index (χ2v) is 7.73. The minimum Gasteiger partial charge on any atom is -0.481 e. The van der Waals surface area contributed by atoms with Crippen LogP contribution in [0.5, 0.6) is 0 Å². The Morgan fingerprint density at radius 3 is 2.43 bits per heavy atom. The van der Waals surface area contributed by atoms with Crippen LogP contribution in [-0.4, -0.2) is 66.0 Å². The molecule has 1 aliphatic carbocycles. The van der Waals surface area contributed by atoms with Gasteiger partial charge in [-0.2, -0.15) is 4.31 Å². The highest BCUT2D eigenvalue weighted by Gasteiger charge is 2.41. The van der Waals surface area contributed by atoms with Crippen LogP contribution in [0.1, 0.15) is 38.5 Å². The van der Waals surface area contributed by atoms with Crippen LogP contribution >= 0.6 is 0 Å². The average Bonchev–Trinajstić information content (AvgIpc) is 3.22. The van der Waals surface area contributed by atoms with Crippen LogP contribution in [0.3, 0.4) is 0 Å². The van der Waals surface area contributed by atoms with E-state index < -0.39 is 22.0 Å². The molecular weight excluding hydrogens is 296 g/mol. The standard InChI is InChI=1S/C13H22N2O5S/c1-21(19,20)15-8-3-2-4-11(15)13(18)14(10-5-6-10)9-7-12(16)17/h10-11H,2-9H2,1H3,(H,16,17). The third-order valence-electron chi connectivity index (χ3n) is 4.00. The Morgan fingerprint density at radius 1 is 1.24 bits per heavy atom. The second kappa shape index (κ2) is 6.31. The Labute approximate surface area is 125 Å². The molecule has 120 valence electrons. The summed E-state index contributed by atoms with van der Waals surface area (Å²) >= 11 is 0. The van der Waals surface area contributed by atoms with Crippen molar-refractivity contribution in [3.63, 3.8) is 0 Å². The number of amides is 1. The predicted molar refractivity (Wildman–Crippen MR) is 76.2 cm³/mol. The van der Waals surface area contributed by atoms with E-state index in [2.05, 4.69) is 0 Å². The van der Waals surface area contributed by atoms with E-state index >= 15 is 0 Å². The van der Waals surface area contributed by atoms with Crippen LogP contribution in [0.15, 0.2) is 0 Å². The number of hydrogen-bond acceptors (Lipinski definition) is 4. The largest absolute Gasteiger partial charge is 0.481 e. The normalized spacial score (nSPS) is 23.8. The molecule has 1 heterocycles. The Bertz CT molecular complexity index is 515. The summed E-state index contributed by atoms with van der Waals surface area (Å²) in [5, 5.41) is 8.79. The molecule has 1 atom stereocenters. The lowest BCUT2D eigenvalue weighted by Crippen LogP contribution is -2.53. The van der Waals surface area contributed by atoms with E-state index in [1.54, 1.807) is 4.90 Å². The molecule has 1 unspecified atom stereocenters. The minimum atomic E-state index is -3.42. The first-order valence-corrected chi connectivity index (χ1v) is 9.14. The third-order valence-corrected chi connectivity index (χ3v) is 5.29. The molecular formula is C13H22N2O5S. The van der Waals surface area contributed by atoms with Crippen molar-refractivity contribution in [2.45, 2.75) is 50.6 Å². The van der Waals surface area contributed by atoms with E-state index in [9.17, 15) is 18.0 Å². The molecule has 0 aromatic heterocycles. The van der Waals surface area contributed by atoms with E-state index in [1.807, 2.05) is 0 Å². The number of carboxylic acids is 1. The maximum Gasteiger partial charge on any atom is 0.305 e. The van der Waals surface area contributed by atoms with Crippen molar-refractivity contribution in [3.8, 4) is 0 Å². The van der Waals surface area contributed by atoms with Gasteiger partial charge >= 0.3 is 5.97 Å².